The first-order chi connectivity index (χ1) is 12.0. The second-order valence-corrected chi connectivity index (χ2v) is 7.15. The molecular weight excluding hydrogens is 320 g/mol. The highest BCUT2D eigenvalue weighted by Crippen LogP contribution is 2.51. The minimum absolute atomic E-state index is 0.0957. The predicted molar refractivity (Wildman–Crippen MR) is 95.4 cm³/mol. The number of ether oxygens (including phenoxy) is 3. The molecule has 0 radical (unpaired) electrons. The minimum atomic E-state index is -0.749. The minimum Gasteiger partial charge on any atom is -0.493 e. The van der Waals surface area contributed by atoms with Crippen molar-refractivity contribution < 1.29 is 24.4 Å². The van der Waals surface area contributed by atoms with Crippen molar-refractivity contribution in [3.8, 4) is 17.2 Å². The molecule has 2 N–H and O–H groups in total. The lowest BCUT2D eigenvalue weighted by atomic mass is 9.61. The van der Waals surface area contributed by atoms with E-state index in [-0.39, 0.29) is 5.41 Å². The molecule has 138 valence electrons. The lowest BCUT2D eigenvalue weighted by Gasteiger charge is -2.45. The molecule has 1 saturated carbocycles. The van der Waals surface area contributed by atoms with Gasteiger partial charge in [0.1, 0.15) is 0 Å². The van der Waals surface area contributed by atoms with Crippen LogP contribution in [0.4, 0.5) is 0 Å². The molecule has 2 aliphatic rings. The summed E-state index contributed by atoms with van der Waals surface area (Å²) in [6.45, 7) is 0. The molecule has 0 heterocycles. The Kier molecular flexibility index (Phi) is 5.25. The lowest BCUT2D eigenvalue weighted by molar-refractivity contribution is -0.000951. The average Bonchev–Trinajstić information content (AvgIpc) is 2.62. The van der Waals surface area contributed by atoms with Crippen LogP contribution in [0.2, 0.25) is 0 Å². The fourth-order valence-corrected chi connectivity index (χ4v) is 4.44. The first-order valence-corrected chi connectivity index (χ1v) is 8.89. The van der Waals surface area contributed by atoms with Gasteiger partial charge in [-0.15, -0.1) is 0 Å². The second kappa shape index (κ2) is 7.26. The zero-order valence-electron chi connectivity index (χ0n) is 15.2. The topological polar surface area (TPSA) is 68.2 Å². The zero-order chi connectivity index (χ0) is 18.0. The molecule has 0 aliphatic heterocycles. The maximum Gasteiger partial charge on any atom is 0.203 e. The highest BCUT2D eigenvalue weighted by molar-refractivity contribution is 5.54. The molecular formula is C20H28O5. The predicted octanol–water partition coefficient (Wildman–Crippen LogP) is 2.87. The molecule has 3 rings (SSSR count). The van der Waals surface area contributed by atoms with Crippen molar-refractivity contribution in [3.63, 3.8) is 0 Å². The smallest absolute Gasteiger partial charge is 0.203 e. The summed E-state index contributed by atoms with van der Waals surface area (Å²) in [7, 11) is 4.83. The number of benzene rings is 1. The summed E-state index contributed by atoms with van der Waals surface area (Å²) in [5.74, 6) is 1.88. The number of fused-ring (bicyclic) bond motifs is 1. The van der Waals surface area contributed by atoms with Gasteiger partial charge in [0.05, 0.1) is 33.5 Å². The van der Waals surface area contributed by atoms with Crippen LogP contribution in [0.1, 0.15) is 37.7 Å². The van der Waals surface area contributed by atoms with E-state index in [4.69, 9.17) is 14.2 Å². The Hall–Kier alpha value is -1.72. The summed E-state index contributed by atoms with van der Waals surface area (Å²) >= 11 is 0. The fraction of sp³-hybridized carbons (Fsp3) is 0.600. The van der Waals surface area contributed by atoms with Crippen molar-refractivity contribution in [1.82, 2.24) is 0 Å². The van der Waals surface area contributed by atoms with E-state index >= 15 is 0 Å². The van der Waals surface area contributed by atoms with Gasteiger partial charge in [-0.2, -0.15) is 0 Å². The summed E-state index contributed by atoms with van der Waals surface area (Å²) in [5, 5.41) is 20.3. The van der Waals surface area contributed by atoms with Crippen LogP contribution in [0.3, 0.4) is 0 Å². The third-order valence-electron chi connectivity index (χ3n) is 5.67. The SMILES string of the molecule is COc1cc(CC23CCCCC2=CC(O)C(O)C3)cc(OC)c1OC. The molecule has 0 aromatic heterocycles. The highest BCUT2D eigenvalue weighted by atomic mass is 16.5. The zero-order valence-corrected chi connectivity index (χ0v) is 15.2. The van der Waals surface area contributed by atoms with Crippen LogP contribution in [0, 0.1) is 5.41 Å². The summed E-state index contributed by atoms with van der Waals surface area (Å²) in [5.41, 5.74) is 2.28. The van der Waals surface area contributed by atoms with Crippen molar-refractivity contribution in [2.45, 2.75) is 50.7 Å². The third-order valence-corrected chi connectivity index (χ3v) is 5.67. The molecule has 3 unspecified atom stereocenters. The quantitative estimate of drug-likeness (QED) is 0.801. The van der Waals surface area contributed by atoms with Gasteiger partial charge in [-0.1, -0.05) is 18.1 Å². The highest BCUT2D eigenvalue weighted by Gasteiger charge is 2.43. The Morgan fingerprint density at radius 3 is 2.32 bits per heavy atom. The first kappa shape index (κ1) is 18.1. The molecule has 1 aromatic carbocycles. The maximum atomic E-state index is 10.3. The van der Waals surface area contributed by atoms with Crippen LogP contribution in [0.25, 0.3) is 0 Å². The number of hydrogen-bond donors (Lipinski definition) is 2. The lowest BCUT2D eigenvalue weighted by Crippen LogP contribution is -2.42. The molecule has 0 bridgehead atoms. The Labute approximate surface area is 149 Å². The van der Waals surface area contributed by atoms with Gasteiger partial charge in [-0.05, 0) is 55.2 Å². The van der Waals surface area contributed by atoms with Crippen molar-refractivity contribution in [2.24, 2.45) is 5.41 Å². The molecule has 0 spiro atoms. The van der Waals surface area contributed by atoms with Crippen LogP contribution in [-0.2, 0) is 6.42 Å². The largest absolute Gasteiger partial charge is 0.493 e. The summed E-state index contributed by atoms with van der Waals surface area (Å²) in [6, 6.07) is 3.97. The van der Waals surface area contributed by atoms with Gasteiger partial charge < -0.3 is 24.4 Å². The van der Waals surface area contributed by atoms with Crippen LogP contribution in [0.5, 0.6) is 17.2 Å². The average molecular weight is 348 g/mol. The molecule has 5 heteroatoms. The van der Waals surface area contributed by atoms with Crippen molar-refractivity contribution >= 4 is 0 Å². The van der Waals surface area contributed by atoms with E-state index in [0.717, 1.165) is 37.7 Å². The van der Waals surface area contributed by atoms with Gasteiger partial charge >= 0.3 is 0 Å². The number of allylic oxidation sites excluding steroid dienone is 1. The number of methoxy groups -OCH3 is 3. The maximum absolute atomic E-state index is 10.3. The van der Waals surface area contributed by atoms with E-state index in [1.165, 1.54) is 5.57 Å². The van der Waals surface area contributed by atoms with Crippen LogP contribution in [-0.4, -0.2) is 43.8 Å². The Morgan fingerprint density at radius 2 is 1.72 bits per heavy atom. The first-order valence-electron chi connectivity index (χ1n) is 8.89. The van der Waals surface area contributed by atoms with Gasteiger partial charge in [-0.3, -0.25) is 0 Å². The molecule has 3 atom stereocenters. The van der Waals surface area contributed by atoms with Gasteiger partial charge in [0.25, 0.3) is 0 Å². The molecule has 5 nitrogen and oxygen atoms in total. The Bertz CT molecular complexity index is 628. The third kappa shape index (κ3) is 3.35. The fourth-order valence-electron chi connectivity index (χ4n) is 4.44. The van der Waals surface area contributed by atoms with Gasteiger partial charge in [0.2, 0.25) is 5.75 Å². The van der Waals surface area contributed by atoms with E-state index in [0.29, 0.717) is 23.7 Å². The van der Waals surface area contributed by atoms with E-state index in [9.17, 15) is 10.2 Å². The van der Waals surface area contributed by atoms with E-state index in [2.05, 4.69) is 0 Å². The van der Waals surface area contributed by atoms with Crippen molar-refractivity contribution in [3.05, 3.63) is 29.3 Å². The van der Waals surface area contributed by atoms with Gasteiger partial charge in [-0.25, -0.2) is 0 Å². The van der Waals surface area contributed by atoms with Crippen LogP contribution in [0.15, 0.2) is 23.8 Å². The number of rotatable bonds is 5. The molecule has 1 aromatic rings. The van der Waals surface area contributed by atoms with Gasteiger partial charge in [0.15, 0.2) is 11.5 Å². The number of aliphatic hydroxyl groups is 2. The van der Waals surface area contributed by atoms with Crippen molar-refractivity contribution in [2.75, 3.05) is 21.3 Å². The van der Waals surface area contributed by atoms with Gasteiger partial charge in [0, 0.05) is 0 Å². The molecule has 25 heavy (non-hydrogen) atoms. The second-order valence-electron chi connectivity index (χ2n) is 7.15. The number of aliphatic hydroxyl groups excluding tert-OH is 2. The molecule has 0 saturated heterocycles. The Balaban J connectivity index is 1.98. The van der Waals surface area contributed by atoms with E-state index in [1.54, 1.807) is 21.3 Å². The van der Waals surface area contributed by atoms with Crippen LogP contribution >= 0.6 is 0 Å². The van der Waals surface area contributed by atoms with Crippen molar-refractivity contribution in [1.29, 1.82) is 0 Å². The van der Waals surface area contributed by atoms with E-state index in [1.807, 2.05) is 18.2 Å². The van der Waals surface area contributed by atoms with Crippen LogP contribution < -0.4 is 14.2 Å². The molecule has 0 amide bonds. The number of hydrogen-bond acceptors (Lipinski definition) is 5. The normalized spacial score (nSPS) is 28.8. The molecule has 1 fully saturated rings. The van der Waals surface area contributed by atoms with E-state index < -0.39 is 12.2 Å². The monoisotopic (exact) mass is 348 g/mol. The standard InChI is InChI=1S/C20H28O5/c1-23-17-8-13(9-18(24-2)19(17)25-3)11-20-7-5-4-6-14(20)10-15(21)16(22)12-20/h8-10,15-16,21-22H,4-7,11-12H2,1-3H3. The Morgan fingerprint density at radius 1 is 1.04 bits per heavy atom. The molecule has 2 aliphatic carbocycles. The summed E-state index contributed by atoms with van der Waals surface area (Å²) in [4.78, 5) is 0. The summed E-state index contributed by atoms with van der Waals surface area (Å²) < 4.78 is 16.3. The summed E-state index contributed by atoms with van der Waals surface area (Å²) in [6.07, 6.45) is 6.12.